The van der Waals surface area contributed by atoms with Gasteiger partial charge < -0.3 is 5.32 Å². The first-order valence-corrected chi connectivity index (χ1v) is 8.11. The van der Waals surface area contributed by atoms with Crippen molar-refractivity contribution >= 4 is 5.65 Å². The molecule has 4 nitrogen and oxygen atoms in total. The van der Waals surface area contributed by atoms with Crippen molar-refractivity contribution in [2.45, 2.75) is 31.7 Å². The molecular formula is C18H19FN4. The van der Waals surface area contributed by atoms with E-state index in [0.717, 1.165) is 49.3 Å². The van der Waals surface area contributed by atoms with Gasteiger partial charge in [-0.2, -0.15) is 0 Å². The monoisotopic (exact) mass is 310 g/mol. The second-order valence-corrected chi connectivity index (χ2v) is 6.04. The molecule has 0 radical (unpaired) electrons. The van der Waals surface area contributed by atoms with E-state index in [1.165, 1.54) is 5.56 Å². The number of hydrogen-bond donors (Lipinski definition) is 1. The molecule has 1 atom stereocenters. The Balaban J connectivity index is 1.45. The molecule has 4 rings (SSSR count). The maximum Gasteiger partial charge on any atom is 0.160 e. The first-order chi connectivity index (χ1) is 11.3. The highest BCUT2D eigenvalue weighted by Crippen LogP contribution is 2.30. The molecule has 0 saturated heterocycles. The van der Waals surface area contributed by atoms with E-state index in [0.29, 0.717) is 0 Å². The number of rotatable bonds is 4. The molecule has 0 amide bonds. The van der Waals surface area contributed by atoms with Gasteiger partial charge in [0, 0.05) is 25.2 Å². The lowest BCUT2D eigenvalue weighted by atomic mass is 9.87. The van der Waals surface area contributed by atoms with Crippen molar-refractivity contribution in [3.05, 3.63) is 65.4 Å². The largest absolute Gasteiger partial charge is 0.309 e. The first-order valence-electron chi connectivity index (χ1n) is 8.11. The molecule has 0 spiro atoms. The Morgan fingerprint density at radius 3 is 3.13 bits per heavy atom. The van der Waals surface area contributed by atoms with Gasteiger partial charge in [-0.25, -0.2) is 4.39 Å². The number of hydrogen-bond acceptors (Lipinski definition) is 3. The van der Waals surface area contributed by atoms with Gasteiger partial charge in [0.25, 0.3) is 0 Å². The number of nitrogens with one attached hydrogen (secondary N) is 1. The van der Waals surface area contributed by atoms with Crippen molar-refractivity contribution < 1.29 is 4.39 Å². The maximum absolute atomic E-state index is 13.5. The van der Waals surface area contributed by atoms with E-state index in [-0.39, 0.29) is 11.9 Å². The fraction of sp³-hybridized carbons (Fsp3) is 0.333. The number of aryl methyl sites for hydroxylation is 1. The first kappa shape index (κ1) is 14.3. The molecule has 1 aromatic carbocycles. The normalized spacial score (nSPS) is 17.3. The smallest absolute Gasteiger partial charge is 0.160 e. The van der Waals surface area contributed by atoms with Crippen LogP contribution in [0.4, 0.5) is 4.39 Å². The van der Waals surface area contributed by atoms with Crippen molar-refractivity contribution in [1.82, 2.24) is 19.9 Å². The molecule has 0 aliphatic heterocycles. The van der Waals surface area contributed by atoms with Gasteiger partial charge in [-0.15, -0.1) is 10.2 Å². The molecule has 1 unspecified atom stereocenters. The van der Waals surface area contributed by atoms with Crippen LogP contribution in [0.5, 0.6) is 0 Å². The van der Waals surface area contributed by atoms with E-state index >= 15 is 0 Å². The van der Waals surface area contributed by atoms with Gasteiger partial charge in [-0.05, 0) is 54.7 Å². The van der Waals surface area contributed by atoms with Crippen LogP contribution in [-0.2, 0) is 12.8 Å². The molecular weight excluding hydrogens is 291 g/mol. The maximum atomic E-state index is 13.5. The molecule has 23 heavy (non-hydrogen) atoms. The van der Waals surface area contributed by atoms with Crippen LogP contribution >= 0.6 is 0 Å². The number of aromatic nitrogens is 3. The molecule has 0 fully saturated rings. The number of nitrogens with zero attached hydrogens (tertiary/aromatic N) is 3. The Kier molecular flexibility index (Phi) is 3.79. The van der Waals surface area contributed by atoms with Crippen LogP contribution < -0.4 is 5.32 Å². The van der Waals surface area contributed by atoms with Crippen LogP contribution in [0.15, 0.2) is 42.6 Å². The van der Waals surface area contributed by atoms with Crippen LogP contribution in [0.3, 0.4) is 0 Å². The minimum absolute atomic E-state index is 0.152. The molecule has 1 N–H and O–H groups in total. The lowest BCUT2D eigenvalue weighted by Gasteiger charge is -2.26. The van der Waals surface area contributed by atoms with Crippen molar-refractivity contribution in [3.63, 3.8) is 0 Å². The molecule has 1 aliphatic rings. The summed E-state index contributed by atoms with van der Waals surface area (Å²) in [6, 6.07) is 11.3. The quantitative estimate of drug-likeness (QED) is 0.805. The predicted octanol–water partition coefficient (Wildman–Crippen LogP) is 3.08. The Labute approximate surface area is 134 Å². The molecule has 5 heteroatoms. The number of benzene rings is 1. The lowest BCUT2D eigenvalue weighted by Crippen LogP contribution is -2.27. The van der Waals surface area contributed by atoms with E-state index in [1.807, 2.05) is 34.9 Å². The summed E-state index contributed by atoms with van der Waals surface area (Å²) in [7, 11) is 0. The SMILES string of the molecule is Fc1ccc2c(c1)C(NCCc1nnc3ccccn13)CCC2. The second-order valence-electron chi connectivity index (χ2n) is 6.04. The van der Waals surface area contributed by atoms with Crippen molar-refractivity contribution in [2.75, 3.05) is 6.54 Å². The van der Waals surface area contributed by atoms with Crippen LogP contribution in [0.1, 0.15) is 35.8 Å². The predicted molar refractivity (Wildman–Crippen MR) is 86.8 cm³/mol. The number of halogens is 1. The lowest BCUT2D eigenvalue weighted by molar-refractivity contribution is 0.457. The van der Waals surface area contributed by atoms with Gasteiger partial charge in [-0.3, -0.25) is 4.40 Å². The fourth-order valence-electron chi connectivity index (χ4n) is 3.40. The molecule has 1 aliphatic carbocycles. The Bertz CT molecular complexity index is 827. The minimum Gasteiger partial charge on any atom is -0.309 e. The van der Waals surface area contributed by atoms with E-state index < -0.39 is 0 Å². The Morgan fingerprint density at radius 1 is 1.22 bits per heavy atom. The summed E-state index contributed by atoms with van der Waals surface area (Å²) in [5, 5.41) is 12.0. The summed E-state index contributed by atoms with van der Waals surface area (Å²) in [6.45, 7) is 0.802. The molecule has 0 bridgehead atoms. The van der Waals surface area contributed by atoms with Gasteiger partial charge in [-0.1, -0.05) is 12.1 Å². The highest BCUT2D eigenvalue weighted by Gasteiger charge is 2.20. The third-order valence-corrected chi connectivity index (χ3v) is 4.55. The second kappa shape index (κ2) is 6.08. The Hall–Kier alpha value is -2.27. The summed E-state index contributed by atoms with van der Waals surface area (Å²) >= 11 is 0. The van der Waals surface area contributed by atoms with Crippen LogP contribution in [0, 0.1) is 5.82 Å². The van der Waals surface area contributed by atoms with E-state index in [9.17, 15) is 4.39 Å². The highest BCUT2D eigenvalue weighted by molar-refractivity contribution is 5.37. The topological polar surface area (TPSA) is 42.2 Å². The molecule has 2 heterocycles. The molecule has 2 aromatic heterocycles. The summed E-state index contributed by atoms with van der Waals surface area (Å²) < 4.78 is 15.5. The van der Waals surface area contributed by atoms with Crippen LogP contribution in [0.2, 0.25) is 0 Å². The number of pyridine rings is 1. The van der Waals surface area contributed by atoms with Gasteiger partial charge in [0.2, 0.25) is 0 Å². The van der Waals surface area contributed by atoms with E-state index in [4.69, 9.17) is 0 Å². The van der Waals surface area contributed by atoms with Crippen molar-refractivity contribution in [3.8, 4) is 0 Å². The molecule has 0 saturated carbocycles. The van der Waals surface area contributed by atoms with Crippen molar-refractivity contribution in [1.29, 1.82) is 0 Å². The third kappa shape index (κ3) is 2.84. The summed E-state index contributed by atoms with van der Waals surface area (Å²) in [4.78, 5) is 0. The standard InChI is InChI=1S/C18H19FN4/c19-14-8-7-13-4-3-5-16(15(13)12-14)20-10-9-18-22-21-17-6-1-2-11-23(17)18/h1-2,6-8,11-12,16,20H,3-5,9-10H2. The summed E-state index contributed by atoms with van der Waals surface area (Å²) in [6.07, 6.45) is 6.02. The average Bonchev–Trinajstić information content (AvgIpc) is 2.99. The van der Waals surface area contributed by atoms with E-state index in [1.54, 1.807) is 12.1 Å². The van der Waals surface area contributed by atoms with Crippen LogP contribution in [0.25, 0.3) is 5.65 Å². The zero-order valence-electron chi connectivity index (χ0n) is 12.9. The minimum atomic E-state index is -0.152. The molecule has 118 valence electrons. The fourth-order valence-corrected chi connectivity index (χ4v) is 3.40. The number of fused-ring (bicyclic) bond motifs is 2. The zero-order chi connectivity index (χ0) is 15.6. The van der Waals surface area contributed by atoms with Crippen LogP contribution in [-0.4, -0.2) is 21.1 Å². The van der Waals surface area contributed by atoms with Gasteiger partial charge in [0.15, 0.2) is 5.65 Å². The third-order valence-electron chi connectivity index (χ3n) is 4.55. The zero-order valence-corrected chi connectivity index (χ0v) is 12.9. The van der Waals surface area contributed by atoms with Gasteiger partial charge in [0.1, 0.15) is 11.6 Å². The Morgan fingerprint density at radius 2 is 2.17 bits per heavy atom. The average molecular weight is 310 g/mol. The molecule has 3 aromatic rings. The summed E-state index contributed by atoms with van der Waals surface area (Å²) in [5.74, 6) is 0.796. The van der Waals surface area contributed by atoms with Gasteiger partial charge >= 0.3 is 0 Å². The highest BCUT2D eigenvalue weighted by atomic mass is 19.1. The summed E-state index contributed by atoms with van der Waals surface area (Å²) in [5.41, 5.74) is 3.25. The van der Waals surface area contributed by atoms with Crippen molar-refractivity contribution in [2.24, 2.45) is 0 Å². The van der Waals surface area contributed by atoms with E-state index in [2.05, 4.69) is 15.5 Å². The van der Waals surface area contributed by atoms with Gasteiger partial charge in [0.05, 0.1) is 0 Å².